The summed E-state index contributed by atoms with van der Waals surface area (Å²) in [5.41, 5.74) is -1.90. The van der Waals surface area contributed by atoms with Crippen LogP contribution < -0.4 is 5.43 Å². The van der Waals surface area contributed by atoms with Crippen LogP contribution in [0.3, 0.4) is 0 Å². The number of carbonyl (C=O) groups is 2. The number of aromatic nitrogens is 2. The normalized spacial score (nSPS) is 10.3. The minimum atomic E-state index is -1.58. The SMILES string of the molecule is COC(=O)c1c(C)n(-c2ccc(F)cc2)nc(C(=O)O)c1=O. The predicted molar refractivity (Wildman–Crippen MR) is 72.8 cm³/mol. The topological polar surface area (TPSA) is 98.5 Å². The molecule has 0 saturated carbocycles. The molecule has 0 spiro atoms. The van der Waals surface area contributed by atoms with Gasteiger partial charge in [-0.25, -0.2) is 18.7 Å². The zero-order chi connectivity index (χ0) is 16.4. The molecule has 1 aromatic carbocycles. The van der Waals surface area contributed by atoms with Crippen LogP contribution in [0.25, 0.3) is 5.69 Å². The molecular weight excluding hydrogens is 295 g/mol. The van der Waals surface area contributed by atoms with E-state index in [9.17, 15) is 18.8 Å². The maximum atomic E-state index is 13.0. The maximum absolute atomic E-state index is 13.0. The van der Waals surface area contributed by atoms with E-state index in [1.165, 1.54) is 19.1 Å². The molecule has 0 aliphatic rings. The number of carboxylic acid groups (broad SMARTS) is 1. The molecule has 0 aliphatic carbocycles. The number of hydrogen-bond acceptors (Lipinski definition) is 5. The van der Waals surface area contributed by atoms with E-state index in [0.717, 1.165) is 23.9 Å². The van der Waals surface area contributed by atoms with Gasteiger partial charge in [-0.05, 0) is 31.2 Å². The van der Waals surface area contributed by atoms with Crippen LogP contribution in [0.15, 0.2) is 29.1 Å². The Balaban J connectivity index is 2.82. The largest absolute Gasteiger partial charge is 0.476 e. The Labute approximate surface area is 123 Å². The Hall–Kier alpha value is -3.03. The lowest BCUT2D eigenvalue weighted by Crippen LogP contribution is -2.30. The van der Waals surface area contributed by atoms with Gasteiger partial charge >= 0.3 is 11.9 Å². The number of esters is 1. The number of methoxy groups -OCH3 is 1. The third-order valence-electron chi connectivity index (χ3n) is 2.98. The molecular formula is C14H11FN2O5. The van der Waals surface area contributed by atoms with E-state index in [2.05, 4.69) is 9.84 Å². The molecule has 1 heterocycles. The minimum Gasteiger partial charge on any atom is -0.476 e. The van der Waals surface area contributed by atoms with Gasteiger partial charge in [-0.1, -0.05) is 0 Å². The molecule has 0 aliphatic heterocycles. The molecule has 1 aromatic heterocycles. The summed E-state index contributed by atoms with van der Waals surface area (Å²) in [4.78, 5) is 34.9. The van der Waals surface area contributed by atoms with Crippen molar-refractivity contribution in [2.75, 3.05) is 7.11 Å². The smallest absolute Gasteiger partial charge is 0.360 e. The highest BCUT2D eigenvalue weighted by molar-refractivity contribution is 5.94. The molecule has 0 saturated heterocycles. The minimum absolute atomic E-state index is 0.0912. The Morgan fingerprint density at radius 3 is 2.36 bits per heavy atom. The zero-order valence-corrected chi connectivity index (χ0v) is 11.7. The van der Waals surface area contributed by atoms with Crippen molar-refractivity contribution < 1.29 is 23.8 Å². The predicted octanol–water partition coefficient (Wildman–Crippen LogP) is 1.16. The molecule has 8 heteroatoms. The fraction of sp³-hybridized carbons (Fsp3) is 0.143. The van der Waals surface area contributed by atoms with E-state index >= 15 is 0 Å². The van der Waals surface area contributed by atoms with E-state index < -0.39 is 34.4 Å². The van der Waals surface area contributed by atoms with Gasteiger partial charge in [0.05, 0.1) is 18.5 Å². The van der Waals surface area contributed by atoms with Crippen molar-refractivity contribution in [1.29, 1.82) is 0 Å². The van der Waals surface area contributed by atoms with Crippen LogP contribution in [-0.2, 0) is 4.74 Å². The Kier molecular flexibility index (Phi) is 4.02. The monoisotopic (exact) mass is 306 g/mol. The number of carbonyl (C=O) groups excluding carboxylic acids is 1. The lowest BCUT2D eigenvalue weighted by molar-refractivity contribution is 0.0597. The maximum Gasteiger partial charge on any atom is 0.360 e. The molecule has 0 amide bonds. The summed E-state index contributed by atoms with van der Waals surface area (Å²) in [7, 11) is 1.07. The van der Waals surface area contributed by atoms with Crippen LogP contribution >= 0.6 is 0 Å². The van der Waals surface area contributed by atoms with E-state index in [4.69, 9.17) is 5.11 Å². The summed E-state index contributed by atoms with van der Waals surface area (Å²) >= 11 is 0. The second kappa shape index (κ2) is 5.76. The summed E-state index contributed by atoms with van der Waals surface area (Å²) in [6.45, 7) is 1.41. The van der Waals surface area contributed by atoms with Crippen LogP contribution in [-0.4, -0.2) is 33.9 Å². The number of halogens is 1. The highest BCUT2D eigenvalue weighted by Crippen LogP contribution is 2.13. The van der Waals surface area contributed by atoms with Crippen LogP contribution in [0.1, 0.15) is 26.5 Å². The van der Waals surface area contributed by atoms with Crippen molar-refractivity contribution in [3.8, 4) is 5.69 Å². The second-order valence-electron chi connectivity index (χ2n) is 4.32. The summed E-state index contributed by atoms with van der Waals surface area (Å²) in [6.07, 6.45) is 0. The Morgan fingerprint density at radius 2 is 1.86 bits per heavy atom. The first-order chi connectivity index (χ1) is 10.4. The van der Waals surface area contributed by atoms with Gasteiger partial charge in [-0.2, -0.15) is 5.10 Å². The molecule has 0 unspecified atom stereocenters. The van der Waals surface area contributed by atoms with Gasteiger partial charge in [0.25, 0.3) is 0 Å². The van der Waals surface area contributed by atoms with Crippen LogP contribution in [0, 0.1) is 12.7 Å². The molecule has 0 radical (unpaired) electrons. The molecule has 0 atom stereocenters. The average molecular weight is 306 g/mol. The number of hydrogen-bond donors (Lipinski definition) is 1. The quantitative estimate of drug-likeness (QED) is 0.855. The molecule has 1 N–H and O–H groups in total. The number of aromatic carboxylic acids is 1. The first-order valence-corrected chi connectivity index (χ1v) is 6.08. The van der Waals surface area contributed by atoms with Crippen molar-refractivity contribution in [2.24, 2.45) is 0 Å². The Morgan fingerprint density at radius 1 is 1.27 bits per heavy atom. The number of carboxylic acids is 1. The third kappa shape index (κ3) is 2.58. The van der Waals surface area contributed by atoms with Gasteiger partial charge in [0.15, 0.2) is 0 Å². The van der Waals surface area contributed by atoms with Crippen molar-refractivity contribution >= 4 is 11.9 Å². The number of nitrogens with zero attached hydrogens (tertiary/aromatic N) is 2. The Bertz CT molecular complexity index is 811. The number of ether oxygens (including phenoxy) is 1. The van der Waals surface area contributed by atoms with E-state index in [1.54, 1.807) is 0 Å². The van der Waals surface area contributed by atoms with Crippen LogP contribution in [0.2, 0.25) is 0 Å². The molecule has 2 rings (SSSR count). The summed E-state index contributed by atoms with van der Waals surface area (Å²) in [5, 5.41) is 12.8. The van der Waals surface area contributed by atoms with Crippen molar-refractivity contribution in [2.45, 2.75) is 6.92 Å². The highest BCUT2D eigenvalue weighted by Gasteiger charge is 2.24. The second-order valence-corrected chi connectivity index (χ2v) is 4.32. The fourth-order valence-corrected chi connectivity index (χ4v) is 1.93. The van der Waals surface area contributed by atoms with Gasteiger partial charge < -0.3 is 9.84 Å². The van der Waals surface area contributed by atoms with E-state index in [-0.39, 0.29) is 5.69 Å². The summed E-state index contributed by atoms with van der Waals surface area (Å²) in [5.74, 6) is -3.04. The molecule has 22 heavy (non-hydrogen) atoms. The first-order valence-electron chi connectivity index (χ1n) is 6.08. The van der Waals surface area contributed by atoms with Crippen molar-refractivity contribution in [3.05, 3.63) is 57.3 Å². The van der Waals surface area contributed by atoms with Crippen molar-refractivity contribution in [3.63, 3.8) is 0 Å². The lowest BCUT2D eigenvalue weighted by Gasteiger charge is -2.13. The van der Waals surface area contributed by atoms with Crippen LogP contribution in [0.5, 0.6) is 0 Å². The highest BCUT2D eigenvalue weighted by atomic mass is 19.1. The molecule has 114 valence electrons. The standard InChI is InChI=1S/C14H11FN2O5/c1-7-10(14(21)22-2)12(18)11(13(19)20)16-17(7)9-5-3-8(15)4-6-9/h3-6H,1-2H3,(H,19,20). The van der Waals surface area contributed by atoms with Gasteiger partial charge in [0.1, 0.15) is 11.4 Å². The fourth-order valence-electron chi connectivity index (χ4n) is 1.93. The van der Waals surface area contributed by atoms with Crippen molar-refractivity contribution in [1.82, 2.24) is 9.78 Å². The van der Waals surface area contributed by atoms with E-state index in [1.807, 2.05) is 0 Å². The molecule has 0 fully saturated rings. The van der Waals surface area contributed by atoms with Crippen LogP contribution in [0.4, 0.5) is 4.39 Å². The van der Waals surface area contributed by atoms with Gasteiger partial charge in [-0.15, -0.1) is 0 Å². The number of rotatable bonds is 3. The van der Waals surface area contributed by atoms with Gasteiger partial charge in [0, 0.05) is 0 Å². The summed E-state index contributed by atoms with van der Waals surface area (Å²) < 4.78 is 18.6. The van der Waals surface area contributed by atoms with Gasteiger partial charge in [-0.3, -0.25) is 4.79 Å². The lowest BCUT2D eigenvalue weighted by atomic mass is 10.1. The molecule has 2 aromatic rings. The first kappa shape index (κ1) is 15.4. The summed E-state index contributed by atoms with van der Waals surface area (Å²) in [6, 6.07) is 4.97. The van der Waals surface area contributed by atoms with E-state index in [0.29, 0.717) is 5.69 Å². The number of benzene rings is 1. The third-order valence-corrected chi connectivity index (χ3v) is 2.98. The molecule has 7 nitrogen and oxygen atoms in total. The van der Waals surface area contributed by atoms with Gasteiger partial charge in [0.2, 0.25) is 11.1 Å². The molecule has 0 bridgehead atoms. The zero-order valence-electron chi connectivity index (χ0n) is 11.7. The average Bonchev–Trinajstić information content (AvgIpc) is 2.48.